The summed E-state index contributed by atoms with van der Waals surface area (Å²) in [6, 6.07) is 6.68. The second-order valence-corrected chi connectivity index (χ2v) is 3.49. The Hall–Kier alpha value is -1.59. The van der Waals surface area contributed by atoms with Gasteiger partial charge in [0.25, 0.3) is 0 Å². The normalized spacial score (nSPS) is 11.9. The highest BCUT2D eigenvalue weighted by Gasteiger charge is 2.16. The first-order valence-corrected chi connectivity index (χ1v) is 5.22. The van der Waals surface area contributed by atoms with Crippen LogP contribution in [-0.4, -0.2) is 33.0 Å². The SMILES string of the molecule is COCOc1ccccc1CC(N)C(=O)OC. The van der Waals surface area contributed by atoms with E-state index in [4.69, 9.17) is 15.2 Å². The van der Waals surface area contributed by atoms with Crippen molar-refractivity contribution in [1.82, 2.24) is 0 Å². The molecule has 5 nitrogen and oxygen atoms in total. The Bertz CT molecular complexity index is 367. The van der Waals surface area contributed by atoms with Crippen LogP contribution in [0.2, 0.25) is 0 Å². The van der Waals surface area contributed by atoms with Gasteiger partial charge in [-0.3, -0.25) is 4.79 Å². The molecule has 0 heterocycles. The van der Waals surface area contributed by atoms with Crippen molar-refractivity contribution in [2.24, 2.45) is 5.73 Å². The number of ether oxygens (including phenoxy) is 3. The molecule has 0 aromatic heterocycles. The molecule has 94 valence electrons. The zero-order valence-electron chi connectivity index (χ0n) is 10.0. The number of hydrogen-bond donors (Lipinski definition) is 1. The lowest BCUT2D eigenvalue weighted by atomic mass is 10.1. The molecule has 0 bridgehead atoms. The van der Waals surface area contributed by atoms with Gasteiger partial charge in [-0.25, -0.2) is 0 Å². The summed E-state index contributed by atoms with van der Waals surface area (Å²) in [4.78, 5) is 11.2. The standard InChI is InChI=1S/C12H17NO4/c1-15-8-17-11-6-4-3-5-9(11)7-10(13)12(14)16-2/h3-6,10H,7-8,13H2,1-2H3. The summed E-state index contributed by atoms with van der Waals surface area (Å²) in [6.45, 7) is 0.157. The molecular weight excluding hydrogens is 222 g/mol. The first-order valence-electron chi connectivity index (χ1n) is 5.22. The molecule has 0 aliphatic carbocycles. The molecule has 1 aromatic carbocycles. The zero-order valence-corrected chi connectivity index (χ0v) is 10.0. The Morgan fingerprint density at radius 3 is 2.71 bits per heavy atom. The summed E-state index contributed by atoms with van der Waals surface area (Å²) in [5.41, 5.74) is 6.55. The lowest BCUT2D eigenvalue weighted by molar-refractivity contribution is -0.142. The van der Waals surface area contributed by atoms with Gasteiger partial charge in [0.2, 0.25) is 0 Å². The van der Waals surface area contributed by atoms with Crippen LogP contribution in [0.5, 0.6) is 5.75 Å². The first kappa shape index (κ1) is 13.5. The number of para-hydroxylation sites is 1. The van der Waals surface area contributed by atoms with Crippen molar-refractivity contribution in [1.29, 1.82) is 0 Å². The van der Waals surface area contributed by atoms with Gasteiger partial charge in [-0.1, -0.05) is 18.2 Å². The van der Waals surface area contributed by atoms with Crippen LogP contribution >= 0.6 is 0 Å². The number of carbonyl (C=O) groups excluding carboxylic acids is 1. The zero-order chi connectivity index (χ0) is 12.7. The summed E-state index contributed by atoms with van der Waals surface area (Å²) in [5.74, 6) is 0.222. The molecule has 1 atom stereocenters. The van der Waals surface area contributed by atoms with Crippen LogP contribution in [0, 0.1) is 0 Å². The fraction of sp³-hybridized carbons (Fsp3) is 0.417. The number of benzene rings is 1. The van der Waals surface area contributed by atoms with Crippen LogP contribution in [0.25, 0.3) is 0 Å². The number of rotatable bonds is 6. The average Bonchev–Trinajstić information content (AvgIpc) is 2.36. The molecule has 0 saturated heterocycles. The van der Waals surface area contributed by atoms with Crippen molar-refractivity contribution in [3.8, 4) is 5.75 Å². The molecule has 1 unspecified atom stereocenters. The molecule has 0 spiro atoms. The number of methoxy groups -OCH3 is 2. The smallest absolute Gasteiger partial charge is 0.322 e. The Balaban J connectivity index is 2.72. The van der Waals surface area contributed by atoms with Crippen LogP contribution in [0.4, 0.5) is 0 Å². The lowest BCUT2D eigenvalue weighted by Crippen LogP contribution is -2.33. The van der Waals surface area contributed by atoms with Crippen LogP contribution in [0.15, 0.2) is 24.3 Å². The third-order valence-electron chi connectivity index (χ3n) is 2.25. The van der Waals surface area contributed by atoms with E-state index in [1.54, 1.807) is 13.2 Å². The van der Waals surface area contributed by atoms with Gasteiger partial charge in [0, 0.05) is 13.5 Å². The largest absolute Gasteiger partial charge is 0.468 e. The highest BCUT2D eigenvalue weighted by atomic mass is 16.7. The molecule has 2 N–H and O–H groups in total. The Kier molecular flexibility index (Phi) is 5.45. The average molecular weight is 239 g/mol. The highest BCUT2D eigenvalue weighted by molar-refractivity contribution is 5.75. The van der Waals surface area contributed by atoms with Gasteiger partial charge >= 0.3 is 5.97 Å². The topological polar surface area (TPSA) is 70.8 Å². The predicted molar refractivity (Wildman–Crippen MR) is 62.6 cm³/mol. The van der Waals surface area contributed by atoms with E-state index in [0.717, 1.165) is 5.56 Å². The maximum Gasteiger partial charge on any atom is 0.322 e. The van der Waals surface area contributed by atoms with Crippen molar-refractivity contribution in [2.45, 2.75) is 12.5 Å². The van der Waals surface area contributed by atoms with Crippen LogP contribution < -0.4 is 10.5 Å². The summed E-state index contributed by atoms with van der Waals surface area (Å²) in [7, 11) is 2.86. The maximum atomic E-state index is 11.2. The summed E-state index contributed by atoms with van der Waals surface area (Å²) < 4.78 is 14.8. The molecule has 1 rings (SSSR count). The first-order chi connectivity index (χ1) is 8.19. The highest BCUT2D eigenvalue weighted by Crippen LogP contribution is 2.19. The van der Waals surface area contributed by atoms with Gasteiger partial charge in [-0.2, -0.15) is 0 Å². The van der Waals surface area contributed by atoms with E-state index < -0.39 is 12.0 Å². The van der Waals surface area contributed by atoms with Crippen LogP contribution in [-0.2, 0) is 20.7 Å². The molecule has 0 aliphatic heterocycles. The monoisotopic (exact) mass is 239 g/mol. The Morgan fingerprint density at radius 1 is 1.35 bits per heavy atom. The predicted octanol–water partition coefficient (Wildman–Crippen LogP) is 0.712. The summed E-state index contributed by atoms with van der Waals surface area (Å²) in [5, 5.41) is 0. The Morgan fingerprint density at radius 2 is 2.06 bits per heavy atom. The Labute approximate surface area is 100 Å². The van der Waals surface area contributed by atoms with Crippen molar-refractivity contribution in [3.63, 3.8) is 0 Å². The molecular formula is C12H17NO4. The van der Waals surface area contributed by atoms with Crippen molar-refractivity contribution in [3.05, 3.63) is 29.8 Å². The van der Waals surface area contributed by atoms with Crippen molar-refractivity contribution in [2.75, 3.05) is 21.0 Å². The van der Waals surface area contributed by atoms with E-state index in [-0.39, 0.29) is 6.79 Å². The summed E-state index contributed by atoms with van der Waals surface area (Å²) in [6.07, 6.45) is 0.368. The maximum absolute atomic E-state index is 11.2. The fourth-order valence-electron chi connectivity index (χ4n) is 1.41. The van der Waals surface area contributed by atoms with Gasteiger partial charge in [-0.05, 0) is 11.6 Å². The second kappa shape index (κ2) is 6.88. The van der Waals surface area contributed by atoms with E-state index in [1.165, 1.54) is 7.11 Å². The molecule has 5 heteroatoms. The van der Waals surface area contributed by atoms with Crippen LogP contribution in [0.3, 0.4) is 0 Å². The third-order valence-corrected chi connectivity index (χ3v) is 2.25. The summed E-state index contributed by atoms with van der Waals surface area (Å²) >= 11 is 0. The van der Waals surface area contributed by atoms with Crippen molar-refractivity contribution < 1.29 is 19.0 Å². The van der Waals surface area contributed by atoms with Gasteiger partial charge < -0.3 is 19.9 Å². The second-order valence-electron chi connectivity index (χ2n) is 3.49. The van der Waals surface area contributed by atoms with Gasteiger partial charge in [-0.15, -0.1) is 0 Å². The molecule has 0 amide bonds. The van der Waals surface area contributed by atoms with Crippen LogP contribution in [0.1, 0.15) is 5.56 Å². The molecule has 0 fully saturated rings. The third kappa shape index (κ3) is 4.05. The molecule has 0 saturated carbocycles. The fourth-order valence-corrected chi connectivity index (χ4v) is 1.41. The quantitative estimate of drug-likeness (QED) is 0.585. The van der Waals surface area contributed by atoms with E-state index >= 15 is 0 Å². The van der Waals surface area contributed by atoms with E-state index in [0.29, 0.717) is 12.2 Å². The number of carbonyl (C=O) groups is 1. The molecule has 17 heavy (non-hydrogen) atoms. The molecule has 0 aliphatic rings. The molecule has 0 radical (unpaired) electrons. The minimum absolute atomic E-state index is 0.157. The van der Waals surface area contributed by atoms with E-state index in [1.807, 2.05) is 18.2 Å². The number of hydrogen-bond acceptors (Lipinski definition) is 5. The van der Waals surface area contributed by atoms with E-state index in [2.05, 4.69) is 4.74 Å². The van der Waals surface area contributed by atoms with Crippen molar-refractivity contribution >= 4 is 5.97 Å². The van der Waals surface area contributed by atoms with Gasteiger partial charge in [0.15, 0.2) is 6.79 Å². The lowest BCUT2D eigenvalue weighted by Gasteiger charge is -2.13. The molecule has 1 aromatic rings. The van der Waals surface area contributed by atoms with Gasteiger partial charge in [0.1, 0.15) is 11.8 Å². The minimum Gasteiger partial charge on any atom is -0.468 e. The van der Waals surface area contributed by atoms with E-state index in [9.17, 15) is 4.79 Å². The number of esters is 1. The van der Waals surface area contributed by atoms with Gasteiger partial charge in [0.05, 0.1) is 7.11 Å². The number of nitrogens with two attached hydrogens (primary N) is 1. The minimum atomic E-state index is -0.688.